The number of likely N-dealkylation sites (tertiary alicyclic amines) is 2. The number of alkyl halides is 6. The second kappa shape index (κ2) is 16.8. The summed E-state index contributed by atoms with van der Waals surface area (Å²) in [4.78, 5) is 61.8. The van der Waals surface area contributed by atoms with E-state index in [2.05, 4.69) is 4.98 Å². The van der Waals surface area contributed by atoms with Crippen molar-refractivity contribution in [3.63, 3.8) is 0 Å². The number of ether oxygens (including phenoxy) is 1. The molecular formula is C39H41ClF6N4O6S. The van der Waals surface area contributed by atoms with Gasteiger partial charge in [0.05, 0.1) is 23.6 Å². The van der Waals surface area contributed by atoms with Gasteiger partial charge in [0, 0.05) is 61.7 Å². The normalized spacial score (nSPS) is 21.9. The number of benzene rings is 1. The summed E-state index contributed by atoms with van der Waals surface area (Å²) in [5.74, 6) is -3.80. The number of halogens is 7. The Morgan fingerprint density at radius 2 is 1.72 bits per heavy atom. The van der Waals surface area contributed by atoms with Crippen LogP contribution in [0.4, 0.5) is 26.3 Å². The highest BCUT2D eigenvalue weighted by atomic mass is 35.5. The first-order chi connectivity index (χ1) is 26.9. The fourth-order valence-corrected chi connectivity index (χ4v) is 9.22. The molecule has 0 radical (unpaired) electrons. The number of piperidine rings is 2. The van der Waals surface area contributed by atoms with E-state index < -0.39 is 69.9 Å². The first-order valence-electron chi connectivity index (χ1n) is 18.7. The van der Waals surface area contributed by atoms with Gasteiger partial charge in [0.25, 0.3) is 11.8 Å². The molecule has 3 aliphatic rings. The standard InChI is InChI=1S/C39H41ClF6N4O6S/c1-2-5-30-37(56-26-21-31(57-22-26)39(44,45)46,14-4-16-50(30)34(52)33-28(38(41,42)43)6-3-15-47-33)36(55)49-19-13-24-20-25(40)7-8-27(24)29(49)9-10-32(51)48-17-11-23(12-18-48)35(53)54/h3,6-8,15,20-23,29-30H,2,4-5,9-14,16-19H2,1H3,(H,53,54)/t29-,30-,37+/m1/s1. The molecule has 0 spiro atoms. The fraction of sp³-hybridized carbons (Fsp3) is 0.513. The minimum absolute atomic E-state index is 0.0372. The Kier molecular flexibility index (Phi) is 12.5. The molecule has 6 rings (SSSR count). The third kappa shape index (κ3) is 8.88. The van der Waals surface area contributed by atoms with Crippen LogP contribution in [0.1, 0.15) is 96.4 Å². The van der Waals surface area contributed by atoms with Crippen LogP contribution in [0.25, 0.3) is 0 Å². The summed E-state index contributed by atoms with van der Waals surface area (Å²) < 4.78 is 90.5. The Labute approximate surface area is 333 Å². The number of hydrogen-bond donors (Lipinski definition) is 1. The molecule has 3 amide bonds. The minimum Gasteiger partial charge on any atom is -0.481 e. The van der Waals surface area contributed by atoms with Crippen molar-refractivity contribution in [3.05, 3.63) is 80.3 Å². The monoisotopic (exact) mass is 842 g/mol. The predicted molar refractivity (Wildman–Crippen MR) is 197 cm³/mol. The molecule has 0 unspecified atom stereocenters. The largest absolute Gasteiger partial charge is 0.481 e. The van der Waals surface area contributed by atoms with Crippen LogP contribution in [-0.2, 0) is 33.2 Å². The van der Waals surface area contributed by atoms with Gasteiger partial charge in [-0.2, -0.15) is 26.3 Å². The molecule has 57 heavy (non-hydrogen) atoms. The van der Waals surface area contributed by atoms with Gasteiger partial charge < -0.3 is 24.5 Å². The Morgan fingerprint density at radius 3 is 2.37 bits per heavy atom. The molecule has 2 fully saturated rings. The molecule has 308 valence electrons. The van der Waals surface area contributed by atoms with Crippen molar-refractivity contribution in [2.75, 3.05) is 26.2 Å². The molecule has 3 aromatic rings. The van der Waals surface area contributed by atoms with Gasteiger partial charge in [0.15, 0.2) is 0 Å². The van der Waals surface area contributed by atoms with E-state index in [9.17, 15) is 45.8 Å². The van der Waals surface area contributed by atoms with Crippen molar-refractivity contribution in [3.8, 4) is 5.75 Å². The number of thiophene rings is 1. The number of hydrogen-bond acceptors (Lipinski definition) is 7. The van der Waals surface area contributed by atoms with Gasteiger partial charge in [-0.25, -0.2) is 0 Å². The lowest BCUT2D eigenvalue weighted by atomic mass is 9.78. The van der Waals surface area contributed by atoms with Crippen LogP contribution in [0, 0.1) is 5.92 Å². The highest BCUT2D eigenvalue weighted by Gasteiger charge is 2.57. The number of nitrogens with zero attached hydrogens (tertiary/aromatic N) is 4. The molecule has 3 atom stereocenters. The zero-order chi connectivity index (χ0) is 41.3. The summed E-state index contributed by atoms with van der Waals surface area (Å²) in [6.07, 6.45) is -7.32. The Morgan fingerprint density at radius 1 is 0.982 bits per heavy atom. The van der Waals surface area contributed by atoms with Crippen LogP contribution in [-0.4, -0.2) is 86.3 Å². The van der Waals surface area contributed by atoms with Crippen molar-refractivity contribution in [1.82, 2.24) is 19.7 Å². The van der Waals surface area contributed by atoms with E-state index in [-0.39, 0.29) is 69.9 Å². The van der Waals surface area contributed by atoms with Crippen molar-refractivity contribution in [1.29, 1.82) is 0 Å². The van der Waals surface area contributed by atoms with E-state index in [1.165, 1.54) is 4.90 Å². The van der Waals surface area contributed by atoms with Gasteiger partial charge in [0.1, 0.15) is 16.3 Å². The summed E-state index contributed by atoms with van der Waals surface area (Å²) in [6, 6.07) is 5.68. The molecule has 10 nitrogen and oxygen atoms in total. The molecule has 1 aromatic carbocycles. The summed E-state index contributed by atoms with van der Waals surface area (Å²) in [7, 11) is 0. The lowest BCUT2D eigenvalue weighted by Crippen LogP contribution is -2.68. The predicted octanol–water partition coefficient (Wildman–Crippen LogP) is 8.29. The van der Waals surface area contributed by atoms with E-state index in [1.54, 1.807) is 30.0 Å². The lowest BCUT2D eigenvalue weighted by molar-refractivity contribution is -0.163. The highest BCUT2D eigenvalue weighted by Crippen LogP contribution is 2.45. The van der Waals surface area contributed by atoms with Crippen LogP contribution >= 0.6 is 22.9 Å². The molecule has 2 aromatic heterocycles. The van der Waals surface area contributed by atoms with Crippen molar-refractivity contribution in [2.45, 2.75) is 94.7 Å². The molecule has 3 aliphatic heterocycles. The van der Waals surface area contributed by atoms with Crippen LogP contribution in [0.5, 0.6) is 5.75 Å². The average molecular weight is 843 g/mol. The second-order valence-electron chi connectivity index (χ2n) is 14.6. The zero-order valence-electron chi connectivity index (χ0n) is 30.9. The maximum absolute atomic E-state index is 15.5. The van der Waals surface area contributed by atoms with Crippen molar-refractivity contribution >= 4 is 46.6 Å². The van der Waals surface area contributed by atoms with Crippen LogP contribution in [0.15, 0.2) is 48.0 Å². The number of aromatic nitrogens is 1. The first kappa shape index (κ1) is 42.2. The number of rotatable bonds is 10. The minimum atomic E-state index is -4.94. The molecule has 2 saturated heterocycles. The van der Waals surface area contributed by atoms with Gasteiger partial charge in [-0.05, 0) is 73.9 Å². The maximum atomic E-state index is 15.5. The first-order valence-corrected chi connectivity index (χ1v) is 20.0. The number of aliphatic carboxylic acids is 1. The number of amides is 3. The van der Waals surface area contributed by atoms with E-state index in [1.807, 2.05) is 0 Å². The molecule has 1 N–H and O–H groups in total. The summed E-state index contributed by atoms with van der Waals surface area (Å²) >= 11 is 6.70. The van der Waals surface area contributed by atoms with Crippen molar-refractivity contribution in [2.24, 2.45) is 5.92 Å². The van der Waals surface area contributed by atoms with Gasteiger partial charge in [-0.1, -0.05) is 31.0 Å². The average Bonchev–Trinajstić information content (AvgIpc) is 3.66. The SMILES string of the molecule is CCC[C@H]1N(C(=O)c2ncccc2C(F)(F)F)CCC[C@@]1(Oc1csc(C(F)(F)F)c1)C(=O)N1CCc2cc(Cl)ccc2[C@H]1CCC(=O)N1CCC(C(=O)O)CC1. The highest BCUT2D eigenvalue weighted by molar-refractivity contribution is 7.10. The van der Waals surface area contributed by atoms with Crippen LogP contribution in [0.3, 0.4) is 0 Å². The van der Waals surface area contributed by atoms with Gasteiger partial charge in [-0.15, -0.1) is 11.3 Å². The maximum Gasteiger partial charge on any atom is 0.425 e. The van der Waals surface area contributed by atoms with Crippen LogP contribution < -0.4 is 4.74 Å². The quantitative estimate of drug-likeness (QED) is 0.204. The third-order valence-corrected chi connectivity index (χ3v) is 12.3. The van der Waals surface area contributed by atoms with E-state index >= 15 is 4.79 Å². The molecule has 0 saturated carbocycles. The number of carbonyl (C=O) groups excluding carboxylic acids is 3. The number of carbonyl (C=O) groups is 4. The lowest BCUT2D eigenvalue weighted by Gasteiger charge is -2.51. The zero-order valence-corrected chi connectivity index (χ0v) is 32.4. The fourth-order valence-electron chi connectivity index (χ4n) is 8.35. The van der Waals surface area contributed by atoms with Gasteiger partial charge in [-0.3, -0.25) is 24.2 Å². The van der Waals surface area contributed by atoms with E-state index in [4.69, 9.17) is 16.3 Å². The second-order valence-corrected chi connectivity index (χ2v) is 15.9. The van der Waals surface area contributed by atoms with Crippen LogP contribution in [0.2, 0.25) is 5.02 Å². The smallest absolute Gasteiger partial charge is 0.425 e. The summed E-state index contributed by atoms with van der Waals surface area (Å²) in [5.41, 5.74) is -2.72. The molecule has 5 heterocycles. The van der Waals surface area contributed by atoms with Gasteiger partial charge >= 0.3 is 18.3 Å². The Balaban J connectivity index is 1.40. The number of carboxylic acid groups (broad SMARTS) is 1. The topological polar surface area (TPSA) is 120 Å². The van der Waals surface area contributed by atoms with E-state index in [0.29, 0.717) is 47.6 Å². The third-order valence-electron chi connectivity index (χ3n) is 11.1. The number of carboxylic acids is 1. The Hall–Kier alpha value is -4.38. The summed E-state index contributed by atoms with van der Waals surface area (Å²) in [5, 5.41) is 11.0. The number of fused-ring (bicyclic) bond motifs is 1. The Bertz CT molecular complexity index is 1990. The molecule has 18 heteroatoms. The molecule has 0 bridgehead atoms. The number of pyridine rings is 1. The van der Waals surface area contributed by atoms with E-state index in [0.717, 1.165) is 40.2 Å². The van der Waals surface area contributed by atoms with Gasteiger partial charge in [0.2, 0.25) is 11.5 Å². The van der Waals surface area contributed by atoms with Crippen molar-refractivity contribution < 1.29 is 55.4 Å². The summed E-state index contributed by atoms with van der Waals surface area (Å²) in [6.45, 7) is 2.24. The molecule has 0 aliphatic carbocycles. The molecular weight excluding hydrogens is 802 g/mol.